The lowest BCUT2D eigenvalue weighted by Crippen LogP contribution is -2.41. The molecule has 0 bridgehead atoms. The molecule has 1 aromatic heterocycles. The molecule has 1 aliphatic rings. The number of carboxylic acids is 1. The lowest BCUT2D eigenvalue weighted by atomic mass is 10.3. The van der Waals surface area contributed by atoms with Gasteiger partial charge in [0.05, 0.1) is 10.8 Å². The lowest BCUT2D eigenvalue weighted by Gasteiger charge is -2.19. The van der Waals surface area contributed by atoms with Gasteiger partial charge in [0.2, 0.25) is 0 Å². The summed E-state index contributed by atoms with van der Waals surface area (Å²) in [6.45, 7) is 2.03. The second-order valence-corrected chi connectivity index (χ2v) is 5.92. The third-order valence-electron chi connectivity index (χ3n) is 2.65. The number of thioether (sulfide) groups is 1. The minimum absolute atomic E-state index is 0.160. The van der Waals surface area contributed by atoms with Gasteiger partial charge in [0, 0.05) is 10.6 Å². The molecule has 1 aromatic rings. The number of carbonyl (C=O) groups excluding carboxylic acids is 1. The average molecular weight is 271 g/mol. The largest absolute Gasteiger partial charge is 0.480 e. The first-order chi connectivity index (χ1) is 8.13. The van der Waals surface area contributed by atoms with Gasteiger partial charge in [-0.25, -0.2) is 4.79 Å². The molecule has 1 aliphatic heterocycles. The highest BCUT2D eigenvalue weighted by molar-refractivity contribution is 7.99. The van der Waals surface area contributed by atoms with Crippen LogP contribution in [-0.4, -0.2) is 39.6 Å². The van der Waals surface area contributed by atoms with Gasteiger partial charge in [0.1, 0.15) is 6.04 Å². The number of carboxylic acid groups (broad SMARTS) is 1. The summed E-state index contributed by atoms with van der Waals surface area (Å²) in [6.07, 6.45) is 0.898. The van der Waals surface area contributed by atoms with Crippen LogP contribution >= 0.6 is 23.1 Å². The Balaban J connectivity index is 2.16. The third kappa shape index (κ3) is 2.47. The number of nitrogens with zero attached hydrogens (tertiary/aromatic N) is 1. The summed E-state index contributed by atoms with van der Waals surface area (Å²) in [5.74, 6) is -0.134. The zero-order valence-electron chi connectivity index (χ0n) is 9.38. The quantitative estimate of drug-likeness (QED) is 0.912. The van der Waals surface area contributed by atoms with E-state index in [1.165, 1.54) is 28.0 Å². The SMILES string of the molecule is CCc1ccc(C(=O)N2CSCC2C(=O)O)s1. The van der Waals surface area contributed by atoms with Crippen LogP contribution in [0.1, 0.15) is 21.5 Å². The molecular formula is C11H13NO3S2. The average Bonchev–Trinajstić information content (AvgIpc) is 2.97. The molecule has 0 radical (unpaired) electrons. The van der Waals surface area contributed by atoms with Gasteiger partial charge >= 0.3 is 5.97 Å². The summed E-state index contributed by atoms with van der Waals surface area (Å²) < 4.78 is 0. The van der Waals surface area contributed by atoms with E-state index < -0.39 is 12.0 Å². The minimum Gasteiger partial charge on any atom is -0.480 e. The molecule has 92 valence electrons. The summed E-state index contributed by atoms with van der Waals surface area (Å²) in [6, 6.07) is 3.03. The van der Waals surface area contributed by atoms with E-state index in [2.05, 4.69) is 0 Å². The van der Waals surface area contributed by atoms with Gasteiger partial charge in [-0.1, -0.05) is 6.92 Å². The molecule has 1 fully saturated rings. The Morgan fingerprint density at radius 2 is 2.29 bits per heavy atom. The molecule has 0 aliphatic carbocycles. The van der Waals surface area contributed by atoms with Crippen molar-refractivity contribution in [1.82, 2.24) is 4.90 Å². The smallest absolute Gasteiger partial charge is 0.327 e. The van der Waals surface area contributed by atoms with Crippen LogP contribution in [0, 0.1) is 0 Å². The molecule has 4 nitrogen and oxygen atoms in total. The number of rotatable bonds is 3. The highest BCUT2D eigenvalue weighted by Crippen LogP contribution is 2.26. The molecule has 1 saturated heterocycles. The Morgan fingerprint density at radius 3 is 2.88 bits per heavy atom. The Hall–Kier alpha value is -1.01. The molecule has 1 N–H and O–H groups in total. The molecule has 2 rings (SSSR count). The van der Waals surface area contributed by atoms with Crippen molar-refractivity contribution >= 4 is 35.0 Å². The fraction of sp³-hybridized carbons (Fsp3) is 0.455. The van der Waals surface area contributed by atoms with Crippen molar-refractivity contribution in [2.24, 2.45) is 0 Å². The highest BCUT2D eigenvalue weighted by atomic mass is 32.2. The van der Waals surface area contributed by atoms with Gasteiger partial charge in [0.25, 0.3) is 5.91 Å². The van der Waals surface area contributed by atoms with Gasteiger partial charge in [0.15, 0.2) is 0 Å². The van der Waals surface area contributed by atoms with Crippen LogP contribution in [0.15, 0.2) is 12.1 Å². The lowest BCUT2D eigenvalue weighted by molar-refractivity contribution is -0.140. The fourth-order valence-corrected chi connectivity index (χ4v) is 3.72. The van der Waals surface area contributed by atoms with Crippen molar-refractivity contribution in [3.63, 3.8) is 0 Å². The molecule has 2 heterocycles. The Bertz CT molecular complexity index is 444. The van der Waals surface area contributed by atoms with Crippen molar-refractivity contribution in [2.75, 3.05) is 11.6 Å². The second-order valence-electron chi connectivity index (χ2n) is 3.75. The zero-order chi connectivity index (χ0) is 12.4. The summed E-state index contributed by atoms with van der Waals surface area (Å²) in [5, 5.41) is 9.03. The normalized spacial score (nSPS) is 19.6. The van der Waals surface area contributed by atoms with Crippen molar-refractivity contribution in [2.45, 2.75) is 19.4 Å². The first-order valence-electron chi connectivity index (χ1n) is 5.33. The summed E-state index contributed by atoms with van der Waals surface area (Å²) in [4.78, 5) is 26.4. The van der Waals surface area contributed by atoms with E-state index in [9.17, 15) is 9.59 Å². The molecular weight excluding hydrogens is 258 g/mol. The van der Waals surface area contributed by atoms with E-state index in [4.69, 9.17) is 5.11 Å². The van der Waals surface area contributed by atoms with Crippen LogP contribution in [0.4, 0.5) is 0 Å². The number of thiophene rings is 1. The van der Waals surface area contributed by atoms with Crippen LogP contribution in [0.2, 0.25) is 0 Å². The number of amides is 1. The van der Waals surface area contributed by atoms with Crippen molar-refractivity contribution < 1.29 is 14.7 Å². The number of aliphatic carboxylic acids is 1. The fourth-order valence-electron chi connectivity index (χ4n) is 1.67. The number of carbonyl (C=O) groups is 2. The summed E-state index contributed by atoms with van der Waals surface area (Å²) >= 11 is 2.93. The van der Waals surface area contributed by atoms with Crippen LogP contribution in [0.5, 0.6) is 0 Å². The molecule has 0 saturated carbocycles. The monoisotopic (exact) mass is 271 g/mol. The Labute approximate surface area is 108 Å². The first kappa shape index (κ1) is 12.4. The maximum absolute atomic E-state index is 12.2. The van der Waals surface area contributed by atoms with E-state index >= 15 is 0 Å². The number of hydrogen-bond acceptors (Lipinski definition) is 4. The topological polar surface area (TPSA) is 57.6 Å². The maximum Gasteiger partial charge on any atom is 0.327 e. The summed E-state index contributed by atoms with van der Waals surface area (Å²) in [5.41, 5.74) is 0. The molecule has 17 heavy (non-hydrogen) atoms. The van der Waals surface area contributed by atoms with E-state index in [1.807, 2.05) is 13.0 Å². The van der Waals surface area contributed by atoms with Gasteiger partial charge < -0.3 is 10.0 Å². The predicted molar refractivity (Wildman–Crippen MR) is 68.6 cm³/mol. The van der Waals surface area contributed by atoms with Crippen molar-refractivity contribution in [3.05, 3.63) is 21.9 Å². The van der Waals surface area contributed by atoms with E-state index in [1.54, 1.807) is 6.07 Å². The van der Waals surface area contributed by atoms with E-state index in [-0.39, 0.29) is 5.91 Å². The Morgan fingerprint density at radius 1 is 1.53 bits per heavy atom. The predicted octanol–water partition coefficient (Wildman–Crippen LogP) is 1.91. The van der Waals surface area contributed by atoms with Crippen LogP contribution in [0.25, 0.3) is 0 Å². The first-order valence-corrected chi connectivity index (χ1v) is 7.30. The molecule has 1 amide bonds. The Kier molecular flexibility index (Phi) is 3.73. The summed E-state index contributed by atoms with van der Waals surface area (Å²) in [7, 11) is 0. The standard InChI is InChI=1S/C11H13NO3S2/c1-2-7-3-4-9(17-7)10(13)12-6-16-5-8(12)11(14)15/h3-4,8H,2,5-6H2,1H3,(H,14,15). The van der Waals surface area contributed by atoms with Crippen LogP contribution in [0.3, 0.4) is 0 Å². The van der Waals surface area contributed by atoms with Gasteiger partial charge in [-0.2, -0.15) is 0 Å². The molecule has 0 spiro atoms. The molecule has 6 heteroatoms. The molecule has 1 atom stereocenters. The maximum atomic E-state index is 12.2. The van der Waals surface area contributed by atoms with Gasteiger partial charge in [-0.15, -0.1) is 23.1 Å². The van der Waals surface area contributed by atoms with Crippen molar-refractivity contribution in [3.8, 4) is 0 Å². The zero-order valence-corrected chi connectivity index (χ0v) is 11.0. The van der Waals surface area contributed by atoms with E-state index in [0.29, 0.717) is 16.5 Å². The second kappa shape index (κ2) is 5.10. The third-order valence-corrected chi connectivity index (χ3v) is 4.88. The van der Waals surface area contributed by atoms with Gasteiger partial charge in [-0.3, -0.25) is 4.79 Å². The number of aryl methyl sites for hydroxylation is 1. The highest BCUT2D eigenvalue weighted by Gasteiger charge is 2.35. The molecule has 1 unspecified atom stereocenters. The van der Waals surface area contributed by atoms with Crippen LogP contribution < -0.4 is 0 Å². The molecule has 0 aromatic carbocycles. The van der Waals surface area contributed by atoms with Crippen LogP contribution in [-0.2, 0) is 11.2 Å². The van der Waals surface area contributed by atoms with Crippen molar-refractivity contribution in [1.29, 1.82) is 0 Å². The van der Waals surface area contributed by atoms with E-state index in [0.717, 1.165) is 11.3 Å². The van der Waals surface area contributed by atoms with Gasteiger partial charge in [-0.05, 0) is 18.6 Å². The number of hydrogen-bond donors (Lipinski definition) is 1. The minimum atomic E-state index is -0.921.